The number of ether oxygens (including phenoxy) is 1. The van der Waals surface area contributed by atoms with Gasteiger partial charge in [-0.3, -0.25) is 0 Å². The van der Waals surface area contributed by atoms with E-state index in [0.717, 1.165) is 22.4 Å². The Morgan fingerprint density at radius 2 is 2.50 bits per heavy atom. The first-order valence-corrected chi connectivity index (χ1v) is 6.09. The van der Waals surface area contributed by atoms with Crippen LogP contribution >= 0.6 is 15.9 Å². The van der Waals surface area contributed by atoms with Gasteiger partial charge in [-0.15, -0.1) is 0 Å². The first-order valence-electron chi connectivity index (χ1n) is 5.30. The van der Waals surface area contributed by atoms with Crippen molar-refractivity contribution < 1.29 is 9.84 Å². The lowest BCUT2D eigenvalue weighted by molar-refractivity contribution is 0.0722. The Kier molecular flexibility index (Phi) is 3.78. The normalized spacial score (nSPS) is 21.2. The van der Waals surface area contributed by atoms with Crippen molar-refractivity contribution in [1.29, 1.82) is 0 Å². The predicted octanol–water partition coefficient (Wildman–Crippen LogP) is 1.35. The number of nitrogens with zero attached hydrogens (tertiary/aromatic N) is 2. The lowest BCUT2D eigenvalue weighted by atomic mass is 10.2. The van der Waals surface area contributed by atoms with Gasteiger partial charge in [-0.05, 0) is 34.5 Å². The van der Waals surface area contributed by atoms with Crippen LogP contribution in [0.1, 0.15) is 5.56 Å². The molecule has 0 bridgehead atoms. The number of hydrogen-bond acceptors (Lipinski definition) is 4. The van der Waals surface area contributed by atoms with Crippen LogP contribution in [0.4, 0.5) is 5.82 Å². The SMILES string of the molecule is Cc1ccnc(N2CCOCC2CO)c1Br. The lowest BCUT2D eigenvalue weighted by Crippen LogP contribution is -2.48. The second-order valence-electron chi connectivity index (χ2n) is 3.87. The summed E-state index contributed by atoms with van der Waals surface area (Å²) >= 11 is 3.55. The van der Waals surface area contributed by atoms with Gasteiger partial charge >= 0.3 is 0 Å². The van der Waals surface area contributed by atoms with E-state index in [0.29, 0.717) is 13.2 Å². The van der Waals surface area contributed by atoms with Crippen molar-refractivity contribution in [2.24, 2.45) is 0 Å². The fraction of sp³-hybridized carbons (Fsp3) is 0.545. The van der Waals surface area contributed by atoms with Crippen LogP contribution in [0.25, 0.3) is 0 Å². The molecule has 5 heteroatoms. The molecule has 0 aromatic carbocycles. The Morgan fingerprint density at radius 3 is 3.25 bits per heavy atom. The maximum Gasteiger partial charge on any atom is 0.143 e. The lowest BCUT2D eigenvalue weighted by Gasteiger charge is -2.36. The molecule has 0 aliphatic carbocycles. The van der Waals surface area contributed by atoms with Gasteiger partial charge in [0.25, 0.3) is 0 Å². The van der Waals surface area contributed by atoms with Crippen LogP contribution in [-0.4, -0.2) is 42.5 Å². The molecule has 0 saturated carbocycles. The third kappa shape index (κ3) is 2.21. The van der Waals surface area contributed by atoms with Gasteiger partial charge in [-0.1, -0.05) is 0 Å². The number of halogens is 1. The van der Waals surface area contributed by atoms with Gasteiger partial charge in [-0.25, -0.2) is 4.98 Å². The van der Waals surface area contributed by atoms with E-state index in [1.807, 2.05) is 13.0 Å². The van der Waals surface area contributed by atoms with Crippen molar-refractivity contribution in [1.82, 2.24) is 4.98 Å². The Bertz CT molecular complexity index is 373. The van der Waals surface area contributed by atoms with E-state index >= 15 is 0 Å². The second kappa shape index (κ2) is 5.12. The molecule has 1 aliphatic heterocycles. The molecule has 0 radical (unpaired) electrons. The van der Waals surface area contributed by atoms with Gasteiger partial charge in [0.2, 0.25) is 0 Å². The van der Waals surface area contributed by atoms with E-state index in [1.165, 1.54) is 0 Å². The largest absolute Gasteiger partial charge is 0.394 e. The van der Waals surface area contributed by atoms with E-state index in [9.17, 15) is 5.11 Å². The van der Waals surface area contributed by atoms with Gasteiger partial charge < -0.3 is 14.7 Å². The molecule has 1 aromatic heterocycles. The number of aromatic nitrogens is 1. The van der Waals surface area contributed by atoms with Gasteiger partial charge in [0.1, 0.15) is 5.82 Å². The molecule has 1 aromatic rings. The van der Waals surface area contributed by atoms with Crippen LogP contribution in [0, 0.1) is 6.92 Å². The molecule has 0 spiro atoms. The van der Waals surface area contributed by atoms with Crippen molar-refractivity contribution in [2.75, 3.05) is 31.3 Å². The van der Waals surface area contributed by atoms with E-state index in [-0.39, 0.29) is 12.6 Å². The van der Waals surface area contributed by atoms with E-state index in [2.05, 4.69) is 25.8 Å². The topological polar surface area (TPSA) is 45.6 Å². The molecule has 16 heavy (non-hydrogen) atoms. The minimum absolute atomic E-state index is 0.000602. The number of aliphatic hydroxyl groups is 1. The standard InChI is InChI=1S/C11H15BrN2O2/c1-8-2-3-13-11(10(8)12)14-4-5-16-7-9(14)6-15/h2-3,9,15H,4-7H2,1H3. The van der Waals surface area contributed by atoms with Gasteiger partial charge in [-0.2, -0.15) is 0 Å². The van der Waals surface area contributed by atoms with Crippen molar-refractivity contribution in [3.8, 4) is 0 Å². The third-order valence-corrected chi connectivity index (χ3v) is 3.75. The fourth-order valence-electron chi connectivity index (χ4n) is 1.81. The molecule has 88 valence electrons. The first-order chi connectivity index (χ1) is 7.74. The Morgan fingerprint density at radius 1 is 1.69 bits per heavy atom. The number of anilines is 1. The smallest absolute Gasteiger partial charge is 0.143 e. The van der Waals surface area contributed by atoms with Crippen LogP contribution in [0.5, 0.6) is 0 Å². The second-order valence-corrected chi connectivity index (χ2v) is 4.66. The summed E-state index contributed by atoms with van der Waals surface area (Å²) in [5, 5.41) is 9.32. The van der Waals surface area contributed by atoms with Gasteiger partial charge in [0, 0.05) is 12.7 Å². The highest BCUT2D eigenvalue weighted by Gasteiger charge is 2.25. The number of hydrogen-bond donors (Lipinski definition) is 1. The molecular weight excluding hydrogens is 272 g/mol. The van der Waals surface area contributed by atoms with Gasteiger partial charge in [0.05, 0.1) is 30.3 Å². The van der Waals surface area contributed by atoms with Gasteiger partial charge in [0.15, 0.2) is 0 Å². The van der Waals surface area contributed by atoms with E-state index < -0.39 is 0 Å². The molecule has 1 aliphatic rings. The Labute approximate surface area is 103 Å². The number of aliphatic hydroxyl groups excluding tert-OH is 1. The summed E-state index contributed by atoms with van der Waals surface area (Å²) in [5.41, 5.74) is 1.15. The summed E-state index contributed by atoms with van der Waals surface area (Å²) in [4.78, 5) is 6.47. The highest BCUT2D eigenvalue weighted by atomic mass is 79.9. The molecule has 1 N–H and O–H groups in total. The summed E-state index contributed by atoms with van der Waals surface area (Å²) in [5.74, 6) is 0.891. The maximum atomic E-state index is 9.32. The zero-order chi connectivity index (χ0) is 11.5. The predicted molar refractivity (Wildman–Crippen MR) is 65.7 cm³/mol. The quantitative estimate of drug-likeness (QED) is 0.892. The number of pyridine rings is 1. The minimum Gasteiger partial charge on any atom is -0.394 e. The molecule has 4 nitrogen and oxygen atoms in total. The van der Waals surface area contributed by atoms with Crippen molar-refractivity contribution in [3.05, 3.63) is 22.3 Å². The number of morpholine rings is 1. The highest BCUT2D eigenvalue weighted by Crippen LogP contribution is 2.28. The van der Waals surface area contributed by atoms with Crippen molar-refractivity contribution in [2.45, 2.75) is 13.0 Å². The molecule has 1 fully saturated rings. The van der Waals surface area contributed by atoms with Crippen LogP contribution in [0.15, 0.2) is 16.7 Å². The zero-order valence-corrected chi connectivity index (χ0v) is 10.8. The molecule has 1 saturated heterocycles. The number of aryl methyl sites for hydroxylation is 1. The summed E-state index contributed by atoms with van der Waals surface area (Å²) in [6.07, 6.45) is 1.79. The molecule has 2 rings (SSSR count). The molecule has 1 unspecified atom stereocenters. The highest BCUT2D eigenvalue weighted by molar-refractivity contribution is 9.10. The average molecular weight is 287 g/mol. The van der Waals surface area contributed by atoms with Crippen LogP contribution < -0.4 is 4.90 Å². The minimum atomic E-state index is -0.000602. The first kappa shape index (κ1) is 11.8. The summed E-state index contributed by atoms with van der Waals surface area (Å²) in [6, 6.07) is 1.96. The summed E-state index contributed by atoms with van der Waals surface area (Å²) < 4.78 is 6.35. The summed E-state index contributed by atoms with van der Waals surface area (Å²) in [6.45, 7) is 4.11. The van der Waals surface area contributed by atoms with Crippen LogP contribution in [-0.2, 0) is 4.74 Å². The molecule has 2 heterocycles. The number of rotatable bonds is 2. The zero-order valence-electron chi connectivity index (χ0n) is 9.19. The average Bonchev–Trinajstić information content (AvgIpc) is 2.33. The van der Waals surface area contributed by atoms with E-state index in [4.69, 9.17) is 4.74 Å². The Balaban J connectivity index is 2.30. The summed E-state index contributed by atoms with van der Waals surface area (Å²) in [7, 11) is 0. The molecular formula is C11H15BrN2O2. The monoisotopic (exact) mass is 286 g/mol. The van der Waals surface area contributed by atoms with Crippen LogP contribution in [0.3, 0.4) is 0 Å². The van der Waals surface area contributed by atoms with E-state index in [1.54, 1.807) is 6.20 Å². The van der Waals surface area contributed by atoms with Crippen LogP contribution in [0.2, 0.25) is 0 Å². The Hall–Kier alpha value is -0.650. The van der Waals surface area contributed by atoms with Crippen molar-refractivity contribution in [3.63, 3.8) is 0 Å². The van der Waals surface area contributed by atoms with Crippen molar-refractivity contribution >= 4 is 21.7 Å². The third-order valence-electron chi connectivity index (χ3n) is 2.77. The fourth-order valence-corrected chi connectivity index (χ4v) is 2.27. The maximum absolute atomic E-state index is 9.32. The molecule has 1 atom stereocenters. The molecule has 0 amide bonds.